The Morgan fingerprint density at radius 2 is 1.88 bits per heavy atom. The van der Waals surface area contributed by atoms with Gasteiger partial charge in [-0.3, -0.25) is 9.59 Å². The number of hydrogen-bond acceptors (Lipinski definition) is 7. The largest absolute Gasteiger partial charge is 0.478 e. The number of pyridine rings is 1. The molecule has 0 aliphatic heterocycles. The lowest BCUT2D eigenvalue weighted by Gasteiger charge is -2.08. The monoisotopic (exact) mass is 448 g/mol. The van der Waals surface area contributed by atoms with Gasteiger partial charge in [0.05, 0.1) is 22.2 Å². The molecule has 2 aromatic heterocycles. The van der Waals surface area contributed by atoms with Crippen molar-refractivity contribution in [3.63, 3.8) is 0 Å². The number of nitrogens with two attached hydrogens (primary N) is 1. The summed E-state index contributed by atoms with van der Waals surface area (Å²) in [6, 6.07) is 14.5. The van der Waals surface area contributed by atoms with Crippen molar-refractivity contribution in [3.8, 4) is 11.6 Å². The third kappa shape index (κ3) is 4.71. The van der Waals surface area contributed by atoms with Crippen molar-refractivity contribution >= 4 is 44.5 Å². The number of hydrogen-bond donors (Lipinski definition) is 3. The number of nitrogens with zero attached hydrogens (tertiary/aromatic N) is 2. The van der Waals surface area contributed by atoms with Gasteiger partial charge in [-0.2, -0.15) is 0 Å². The number of rotatable bonds is 7. The summed E-state index contributed by atoms with van der Waals surface area (Å²) in [7, 11) is 0. The van der Waals surface area contributed by atoms with Crippen LogP contribution in [0, 0.1) is 0 Å². The van der Waals surface area contributed by atoms with E-state index in [-0.39, 0.29) is 29.3 Å². The molecular formula is C22H16N4O5S. The normalized spacial score (nSPS) is 10.6. The van der Waals surface area contributed by atoms with Gasteiger partial charge in [-0.25, -0.2) is 14.8 Å². The maximum absolute atomic E-state index is 12.4. The molecule has 0 aliphatic carbocycles. The number of carbonyl (C=O) groups is 3. The van der Waals surface area contributed by atoms with Gasteiger partial charge in [-0.1, -0.05) is 23.5 Å². The number of primary amides is 1. The summed E-state index contributed by atoms with van der Waals surface area (Å²) in [6.07, 6.45) is 1.59. The van der Waals surface area contributed by atoms with Crippen LogP contribution in [-0.4, -0.2) is 32.9 Å². The number of carbonyl (C=O) groups excluding carboxylic acids is 2. The summed E-state index contributed by atoms with van der Waals surface area (Å²) in [5, 5.41) is 12.2. The topological polar surface area (TPSA) is 144 Å². The molecule has 0 saturated heterocycles. The zero-order valence-electron chi connectivity index (χ0n) is 16.4. The molecule has 0 fully saturated rings. The molecule has 32 heavy (non-hydrogen) atoms. The highest BCUT2D eigenvalue weighted by atomic mass is 32.1. The predicted octanol–water partition coefficient (Wildman–Crippen LogP) is 3.46. The van der Waals surface area contributed by atoms with Crippen molar-refractivity contribution in [1.29, 1.82) is 0 Å². The summed E-state index contributed by atoms with van der Waals surface area (Å²) in [5.41, 5.74) is 7.00. The Labute approximate surface area is 185 Å². The van der Waals surface area contributed by atoms with E-state index in [1.807, 2.05) is 0 Å². The number of fused-ring (bicyclic) bond motifs is 1. The number of aromatic nitrogens is 2. The first-order chi connectivity index (χ1) is 15.4. The van der Waals surface area contributed by atoms with E-state index in [0.717, 1.165) is 5.56 Å². The number of ether oxygens (including phenoxy) is 1. The van der Waals surface area contributed by atoms with E-state index < -0.39 is 11.9 Å². The Morgan fingerprint density at radius 3 is 2.59 bits per heavy atom. The number of aromatic carboxylic acids is 1. The molecule has 4 N–H and O–H groups in total. The minimum absolute atomic E-state index is 0.104. The van der Waals surface area contributed by atoms with Crippen LogP contribution in [0.25, 0.3) is 10.2 Å². The smallest absolute Gasteiger partial charge is 0.335 e. The van der Waals surface area contributed by atoms with Gasteiger partial charge in [0.25, 0.3) is 5.91 Å². The van der Waals surface area contributed by atoms with E-state index in [2.05, 4.69) is 15.3 Å². The second kappa shape index (κ2) is 8.82. The van der Waals surface area contributed by atoms with Crippen LogP contribution in [0.4, 0.5) is 5.13 Å². The first kappa shape index (κ1) is 20.9. The highest BCUT2D eigenvalue weighted by molar-refractivity contribution is 7.22. The lowest BCUT2D eigenvalue weighted by atomic mass is 10.1. The Balaban J connectivity index is 1.40. The van der Waals surface area contributed by atoms with E-state index in [4.69, 9.17) is 15.6 Å². The molecule has 2 heterocycles. The van der Waals surface area contributed by atoms with Gasteiger partial charge >= 0.3 is 5.97 Å². The third-order valence-electron chi connectivity index (χ3n) is 4.42. The SMILES string of the molecule is NC(=O)c1cccnc1Oc1ccc(CC(=O)Nc2nc3ccc(C(=O)O)cc3s2)cc1. The lowest BCUT2D eigenvalue weighted by Crippen LogP contribution is -2.14. The Bertz CT molecular complexity index is 1330. The highest BCUT2D eigenvalue weighted by Crippen LogP contribution is 2.27. The molecule has 0 unspecified atom stereocenters. The van der Waals surface area contributed by atoms with Crippen LogP contribution in [0.1, 0.15) is 26.3 Å². The molecule has 9 nitrogen and oxygen atoms in total. The molecule has 0 aliphatic rings. The molecule has 0 spiro atoms. The molecule has 0 atom stereocenters. The van der Waals surface area contributed by atoms with Crippen LogP contribution in [0.5, 0.6) is 11.6 Å². The number of anilines is 1. The number of carboxylic acid groups (broad SMARTS) is 1. The predicted molar refractivity (Wildman–Crippen MR) is 118 cm³/mol. The fourth-order valence-electron chi connectivity index (χ4n) is 2.91. The third-order valence-corrected chi connectivity index (χ3v) is 5.35. The van der Waals surface area contributed by atoms with Crippen molar-refractivity contribution in [2.45, 2.75) is 6.42 Å². The highest BCUT2D eigenvalue weighted by Gasteiger charge is 2.13. The quantitative estimate of drug-likeness (QED) is 0.392. The summed E-state index contributed by atoms with van der Waals surface area (Å²) in [5.74, 6) is -1.39. The molecule has 2 amide bonds. The van der Waals surface area contributed by atoms with Crippen molar-refractivity contribution in [3.05, 3.63) is 77.5 Å². The molecule has 0 saturated carbocycles. The maximum Gasteiger partial charge on any atom is 0.335 e. The Kier molecular flexibility index (Phi) is 5.77. The van der Waals surface area contributed by atoms with E-state index in [0.29, 0.717) is 21.1 Å². The fraction of sp³-hybridized carbons (Fsp3) is 0.0455. The van der Waals surface area contributed by atoms with Gasteiger partial charge in [0, 0.05) is 6.20 Å². The van der Waals surface area contributed by atoms with Crippen LogP contribution in [0.2, 0.25) is 0 Å². The zero-order valence-corrected chi connectivity index (χ0v) is 17.3. The van der Waals surface area contributed by atoms with Gasteiger partial charge in [0.15, 0.2) is 5.13 Å². The van der Waals surface area contributed by atoms with E-state index in [1.54, 1.807) is 36.4 Å². The summed E-state index contributed by atoms with van der Waals surface area (Å²) < 4.78 is 6.30. The number of amides is 2. The molecule has 4 rings (SSSR count). The number of thiazole rings is 1. The zero-order chi connectivity index (χ0) is 22.7. The molecule has 160 valence electrons. The summed E-state index contributed by atoms with van der Waals surface area (Å²) in [6.45, 7) is 0. The van der Waals surface area contributed by atoms with E-state index in [9.17, 15) is 14.4 Å². The molecule has 2 aromatic carbocycles. The summed E-state index contributed by atoms with van der Waals surface area (Å²) >= 11 is 1.20. The number of benzene rings is 2. The van der Waals surface area contributed by atoms with E-state index in [1.165, 1.54) is 35.7 Å². The fourth-order valence-corrected chi connectivity index (χ4v) is 3.83. The van der Waals surface area contributed by atoms with Gasteiger partial charge in [-0.15, -0.1) is 0 Å². The van der Waals surface area contributed by atoms with Crippen molar-refractivity contribution in [2.24, 2.45) is 5.73 Å². The van der Waals surface area contributed by atoms with Crippen LogP contribution in [0.15, 0.2) is 60.8 Å². The molecule has 0 bridgehead atoms. The summed E-state index contributed by atoms with van der Waals surface area (Å²) in [4.78, 5) is 43.3. The Morgan fingerprint density at radius 1 is 1.09 bits per heavy atom. The van der Waals surface area contributed by atoms with Crippen LogP contribution < -0.4 is 15.8 Å². The standard InChI is InChI=1S/C22H16N4O5S/c23-19(28)15-2-1-9-24-20(15)31-14-6-3-12(4-7-14)10-18(27)26-22-25-16-8-5-13(21(29)30)11-17(16)32-22/h1-9,11H,10H2,(H2,23,28)(H,29,30)(H,25,26,27). The average molecular weight is 448 g/mol. The maximum atomic E-state index is 12.4. The number of nitrogens with one attached hydrogen (secondary N) is 1. The lowest BCUT2D eigenvalue weighted by molar-refractivity contribution is -0.115. The van der Waals surface area contributed by atoms with Crippen molar-refractivity contribution in [2.75, 3.05) is 5.32 Å². The van der Waals surface area contributed by atoms with Gasteiger partial charge in [0.2, 0.25) is 11.8 Å². The molecule has 0 radical (unpaired) electrons. The molecular weight excluding hydrogens is 432 g/mol. The van der Waals surface area contributed by atoms with Gasteiger partial charge < -0.3 is 20.9 Å². The second-order valence-corrected chi connectivity index (χ2v) is 7.73. The van der Waals surface area contributed by atoms with Crippen LogP contribution in [0.3, 0.4) is 0 Å². The second-order valence-electron chi connectivity index (χ2n) is 6.70. The minimum Gasteiger partial charge on any atom is -0.478 e. The first-order valence-electron chi connectivity index (χ1n) is 9.34. The minimum atomic E-state index is -1.02. The number of carboxylic acids is 1. The Hall–Kier alpha value is -4.31. The van der Waals surface area contributed by atoms with E-state index >= 15 is 0 Å². The molecule has 10 heteroatoms. The van der Waals surface area contributed by atoms with Crippen LogP contribution in [-0.2, 0) is 11.2 Å². The van der Waals surface area contributed by atoms with Gasteiger partial charge in [0.1, 0.15) is 11.3 Å². The average Bonchev–Trinajstić information content (AvgIpc) is 3.16. The van der Waals surface area contributed by atoms with Crippen molar-refractivity contribution in [1.82, 2.24) is 9.97 Å². The van der Waals surface area contributed by atoms with Crippen LogP contribution >= 0.6 is 11.3 Å². The first-order valence-corrected chi connectivity index (χ1v) is 10.2. The van der Waals surface area contributed by atoms with Gasteiger partial charge in [-0.05, 0) is 48.0 Å². The molecule has 4 aromatic rings. The van der Waals surface area contributed by atoms with Crippen molar-refractivity contribution < 1.29 is 24.2 Å².